The average molecular weight is 203 g/mol. The van der Waals surface area contributed by atoms with Gasteiger partial charge in [0.1, 0.15) is 8.24 Å². The molecule has 0 radical (unpaired) electrons. The highest BCUT2D eigenvalue weighted by atomic mass is 28.4. The molecule has 0 aromatic rings. The Hall–Kier alpha value is 0.394. The molecule has 12 heavy (non-hydrogen) atoms. The second-order valence-electron chi connectivity index (χ2n) is 5.64. The first-order valence-electron chi connectivity index (χ1n) is 4.77. The van der Waals surface area contributed by atoms with Gasteiger partial charge in [-0.25, -0.2) is 0 Å². The third kappa shape index (κ3) is 2.71. The van der Waals surface area contributed by atoms with Gasteiger partial charge in [-0.15, -0.1) is 0 Å². The van der Waals surface area contributed by atoms with Crippen molar-refractivity contribution >= 4 is 16.3 Å². The van der Waals surface area contributed by atoms with Crippen LogP contribution >= 0.6 is 0 Å². The van der Waals surface area contributed by atoms with E-state index in [0.29, 0.717) is 0 Å². The topological polar surface area (TPSA) is 3.24 Å². The van der Waals surface area contributed by atoms with E-state index < -0.39 is 16.3 Å². The summed E-state index contributed by atoms with van der Waals surface area (Å²) in [6.45, 7) is 14.9. The van der Waals surface area contributed by atoms with Gasteiger partial charge in [0, 0.05) is 8.07 Å². The SMILES string of the molecule is CC([Si](C)(C)C)[Si](C)(C)N(C)C. The van der Waals surface area contributed by atoms with Crippen LogP contribution in [-0.4, -0.2) is 35.0 Å². The van der Waals surface area contributed by atoms with Gasteiger partial charge < -0.3 is 4.57 Å². The van der Waals surface area contributed by atoms with Crippen LogP contribution in [0.15, 0.2) is 0 Å². The lowest BCUT2D eigenvalue weighted by Gasteiger charge is -2.42. The van der Waals surface area contributed by atoms with Crippen molar-refractivity contribution in [3.8, 4) is 0 Å². The predicted octanol–water partition coefficient (Wildman–Crippen LogP) is 3.02. The Kier molecular flexibility index (Phi) is 3.76. The molecule has 0 bridgehead atoms. The Morgan fingerprint density at radius 3 is 1.33 bits per heavy atom. The molecule has 0 aliphatic heterocycles. The molecular formula is C9H25NSi2. The molecule has 0 rings (SSSR count). The summed E-state index contributed by atoms with van der Waals surface area (Å²) in [6.07, 6.45) is 0. The fourth-order valence-electron chi connectivity index (χ4n) is 1.45. The Balaban J connectivity index is 4.57. The predicted molar refractivity (Wildman–Crippen MR) is 63.9 cm³/mol. The van der Waals surface area contributed by atoms with Gasteiger partial charge in [-0.05, 0) is 19.3 Å². The van der Waals surface area contributed by atoms with E-state index in [2.05, 4.69) is 58.3 Å². The minimum atomic E-state index is -1.12. The van der Waals surface area contributed by atoms with Crippen molar-refractivity contribution < 1.29 is 0 Å². The standard InChI is InChI=1S/C9H25NSi2/c1-9(11(4,5)6)12(7,8)10(2)3/h9H,1-8H3. The molecule has 0 saturated heterocycles. The first-order chi connectivity index (χ1) is 5.10. The summed E-state index contributed by atoms with van der Waals surface area (Å²) in [5.41, 5.74) is 0. The minimum Gasteiger partial charge on any atom is -0.329 e. The molecule has 0 aromatic heterocycles. The molecule has 0 aliphatic rings. The summed E-state index contributed by atoms with van der Waals surface area (Å²) in [4.78, 5) is 0. The van der Waals surface area contributed by atoms with Crippen LogP contribution in [0.4, 0.5) is 0 Å². The Morgan fingerprint density at radius 2 is 1.25 bits per heavy atom. The third-order valence-electron chi connectivity index (χ3n) is 3.51. The van der Waals surface area contributed by atoms with Crippen molar-refractivity contribution in [3.63, 3.8) is 0 Å². The van der Waals surface area contributed by atoms with Gasteiger partial charge in [0.2, 0.25) is 0 Å². The Labute approximate surface area is 80.3 Å². The van der Waals surface area contributed by atoms with Crippen molar-refractivity contribution in [2.45, 2.75) is 44.8 Å². The molecule has 74 valence electrons. The van der Waals surface area contributed by atoms with E-state index in [1.54, 1.807) is 0 Å². The van der Waals surface area contributed by atoms with Crippen molar-refractivity contribution in [1.82, 2.24) is 4.57 Å². The van der Waals surface area contributed by atoms with Gasteiger partial charge in [0.05, 0.1) is 0 Å². The number of nitrogens with zero attached hydrogens (tertiary/aromatic N) is 1. The molecule has 3 heteroatoms. The van der Waals surface area contributed by atoms with Crippen LogP contribution in [0.2, 0.25) is 37.9 Å². The maximum atomic E-state index is 2.48. The summed E-state index contributed by atoms with van der Waals surface area (Å²) >= 11 is 0. The molecule has 1 unspecified atom stereocenters. The van der Waals surface area contributed by atoms with Crippen molar-refractivity contribution in [2.75, 3.05) is 14.1 Å². The van der Waals surface area contributed by atoms with E-state index in [9.17, 15) is 0 Å². The quantitative estimate of drug-likeness (QED) is 0.638. The normalized spacial score (nSPS) is 16.8. The molecule has 0 heterocycles. The molecule has 0 amide bonds. The van der Waals surface area contributed by atoms with Gasteiger partial charge in [-0.2, -0.15) is 0 Å². The second-order valence-corrected chi connectivity index (χ2v) is 16.9. The molecule has 1 atom stereocenters. The summed E-state index contributed by atoms with van der Waals surface area (Å²) < 4.78 is 2.48. The molecular weight excluding hydrogens is 178 g/mol. The first-order valence-corrected chi connectivity index (χ1v) is 11.4. The summed E-state index contributed by atoms with van der Waals surface area (Å²) in [6, 6.07) is 0. The summed E-state index contributed by atoms with van der Waals surface area (Å²) in [5.74, 6) is 0. The van der Waals surface area contributed by atoms with Gasteiger partial charge in [0.15, 0.2) is 0 Å². The zero-order valence-electron chi connectivity index (χ0n) is 10.0. The van der Waals surface area contributed by atoms with Crippen LogP contribution in [-0.2, 0) is 0 Å². The summed E-state index contributed by atoms with van der Waals surface area (Å²) in [7, 11) is 2.41. The maximum absolute atomic E-state index is 2.48. The molecule has 0 N–H and O–H groups in total. The van der Waals surface area contributed by atoms with Crippen molar-refractivity contribution in [1.29, 1.82) is 0 Å². The van der Waals surface area contributed by atoms with Gasteiger partial charge in [-0.3, -0.25) is 0 Å². The second kappa shape index (κ2) is 3.64. The van der Waals surface area contributed by atoms with Crippen LogP contribution in [0.25, 0.3) is 0 Å². The van der Waals surface area contributed by atoms with Crippen LogP contribution < -0.4 is 0 Å². The number of hydrogen-bond acceptors (Lipinski definition) is 1. The van der Waals surface area contributed by atoms with Crippen molar-refractivity contribution in [2.24, 2.45) is 0 Å². The first kappa shape index (κ1) is 12.4. The fourth-order valence-corrected chi connectivity index (χ4v) is 11.5. The van der Waals surface area contributed by atoms with E-state index >= 15 is 0 Å². The average Bonchev–Trinajstić information content (AvgIpc) is 1.83. The summed E-state index contributed by atoms with van der Waals surface area (Å²) in [5, 5.41) is 0.958. The molecule has 0 spiro atoms. The highest BCUT2D eigenvalue weighted by molar-refractivity contribution is 6.95. The number of rotatable bonds is 3. The van der Waals surface area contributed by atoms with E-state index in [4.69, 9.17) is 0 Å². The minimum absolute atomic E-state index is 0.939. The monoisotopic (exact) mass is 203 g/mol. The highest BCUT2D eigenvalue weighted by Gasteiger charge is 2.39. The molecule has 0 saturated carbocycles. The lowest BCUT2D eigenvalue weighted by atomic mass is 10.9. The van der Waals surface area contributed by atoms with Gasteiger partial charge in [-0.1, -0.05) is 39.7 Å². The zero-order valence-corrected chi connectivity index (χ0v) is 12.0. The van der Waals surface area contributed by atoms with Gasteiger partial charge in [0.25, 0.3) is 0 Å². The van der Waals surface area contributed by atoms with E-state index in [-0.39, 0.29) is 0 Å². The molecule has 0 fully saturated rings. The molecule has 0 aromatic carbocycles. The highest BCUT2D eigenvalue weighted by Crippen LogP contribution is 2.32. The van der Waals surface area contributed by atoms with Gasteiger partial charge >= 0.3 is 0 Å². The zero-order chi connectivity index (χ0) is 10.2. The molecule has 0 aliphatic carbocycles. The molecule has 1 nitrogen and oxygen atoms in total. The van der Waals surface area contributed by atoms with E-state index in [1.165, 1.54) is 0 Å². The van der Waals surface area contributed by atoms with Crippen LogP contribution in [0.3, 0.4) is 0 Å². The maximum Gasteiger partial charge on any atom is 0.121 e. The third-order valence-corrected chi connectivity index (χ3v) is 15.3. The largest absolute Gasteiger partial charge is 0.329 e. The van der Waals surface area contributed by atoms with E-state index in [1.807, 2.05) is 0 Å². The van der Waals surface area contributed by atoms with E-state index in [0.717, 1.165) is 5.16 Å². The number of hydrogen-bond donors (Lipinski definition) is 0. The van der Waals surface area contributed by atoms with Crippen molar-refractivity contribution in [3.05, 3.63) is 0 Å². The van der Waals surface area contributed by atoms with Crippen LogP contribution in [0.5, 0.6) is 0 Å². The Morgan fingerprint density at radius 1 is 0.917 bits per heavy atom. The fraction of sp³-hybridized carbons (Fsp3) is 1.00. The lowest BCUT2D eigenvalue weighted by molar-refractivity contribution is 0.612. The lowest BCUT2D eigenvalue weighted by Crippen LogP contribution is -2.54. The smallest absolute Gasteiger partial charge is 0.121 e. The Bertz CT molecular complexity index is 147. The van der Waals surface area contributed by atoms with Crippen LogP contribution in [0, 0.1) is 0 Å². The van der Waals surface area contributed by atoms with Crippen LogP contribution in [0.1, 0.15) is 6.92 Å².